The zero-order chi connectivity index (χ0) is 12.6. The zero-order valence-electron chi connectivity index (χ0n) is 8.77. The molecule has 8 heteroatoms. The van der Waals surface area contributed by atoms with Crippen LogP contribution < -0.4 is 11.2 Å². The Bertz CT molecular complexity index is 545. The second-order valence-electron chi connectivity index (χ2n) is 3.90. The fourth-order valence-electron chi connectivity index (χ4n) is 1.71. The number of aromatic nitrogens is 2. The molecule has 0 aromatic carbocycles. The van der Waals surface area contributed by atoms with Crippen molar-refractivity contribution in [2.24, 2.45) is 0 Å². The van der Waals surface area contributed by atoms with Gasteiger partial charge < -0.3 is 14.9 Å². The lowest BCUT2D eigenvalue weighted by molar-refractivity contribution is -0.149. The van der Waals surface area contributed by atoms with Gasteiger partial charge in [0, 0.05) is 6.42 Å². The van der Waals surface area contributed by atoms with Crippen LogP contribution in [-0.4, -0.2) is 38.6 Å². The van der Waals surface area contributed by atoms with E-state index in [-0.39, 0.29) is 23.9 Å². The molecule has 0 radical (unpaired) electrons. The van der Waals surface area contributed by atoms with Crippen LogP contribution in [0, 0.1) is 0 Å². The highest BCUT2D eigenvalue weighted by atomic mass is 35.5. The van der Waals surface area contributed by atoms with Crippen molar-refractivity contribution >= 4 is 11.6 Å². The van der Waals surface area contributed by atoms with Gasteiger partial charge in [-0.05, 0) is 0 Å². The fraction of sp³-hybridized carbons (Fsp3) is 0.556. The van der Waals surface area contributed by atoms with Gasteiger partial charge in [0.25, 0.3) is 5.56 Å². The summed E-state index contributed by atoms with van der Waals surface area (Å²) in [5, 5.41) is 18.3. The van der Waals surface area contributed by atoms with E-state index in [1.54, 1.807) is 0 Å². The first-order valence-electron chi connectivity index (χ1n) is 4.90. The summed E-state index contributed by atoms with van der Waals surface area (Å²) < 4.78 is 6.41. The van der Waals surface area contributed by atoms with Crippen LogP contribution in [0.3, 0.4) is 0 Å². The maximum Gasteiger partial charge on any atom is 0.330 e. The Morgan fingerprint density at radius 1 is 1.41 bits per heavy atom. The summed E-state index contributed by atoms with van der Waals surface area (Å²) >= 11 is 5.80. The fourth-order valence-corrected chi connectivity index (χ4v) is 1.93. The van der Waals surface area contributed by atoms with Crippen LogP contribution in [-0.2, 0) is 17.9 Å². The first-order valence-corrected chi connectivity index (χ1v) is 5.28. The van der Waals surface area contributed by atoms with Gasteiger partial charge in [0.15, 0.2) is 0 Å². The summed E-state index contributed by atoms with van der Waals surface area (Å²) in [4.78, 5) is 24.8. The average molecular weight is 263 g/mol. The van der Waals surface area contributed by atoms with Crippen molar-refractivity contribution in [1.29, 1.82) is 0 Å². The number of hydrogen-bond acceptors (Lipinski definition) is 5. The molecule has 94 valence electrons. The number of H-pyrrole nitrogens is 1. The van der Waals surface area contributed by atoms with Crippen molar-refractivity contribution in [3.8, 4) is 0 Å². The molecule has 0 saturated carbocycles. The van der Waals surface area contributed by atoms with Crippen LogP contribution in [0.25, 0.3) is 0 Å². The van der Waals surface area contributed by atoms with Gasteiger partial charge in [-0.15, -0.1) is 0 Å². The molecule has 2 rings (SSSR count). The molecule has 0 aliphatic carbocycles. The molecule has 7 nitrogen and oxygen atoms in total. The zero-order valence-corrected chi connectivity index (χ0v) is 9.53. The highest BCUT2D eigenvalue weighted by Gasteiger charge is 2.36. The molecule has 2 heterocycles. The first-order chi connectivity index (χ1) is 8.03. The van der Waals surface area contributed by atoms with Crippen molar-refractivity contribution in [2.75, 3.05) is 13.2 Å². The molecule has 0 saturated heterocycles. The Morgan fingerprint density at radius 2 is 2.06 bits per heavy atom. The Kier molecular flexibility index (Phi) is 3.09. The number of halogens is 1. The topological polar surface area (TPSA) is 105 Å². The van der Waals surface area contributed by atoms with E-state index in [0.29, 0.717) is 0 Å². The predicted molar refractivity (Wildman–Crippen MR) is 58.0 cm³/mol. The third-order valence-corrected chi connectivity index (χ3v) is 3.20. The lowest BCUT2D eigenvalue weighted by atomic mass is 9.98. The highest BCUT2D eigenvalue weighted by Crippen LogP contribution is 2.25. The smallest absolute Gasteiger partial charge is 0.330 e. The monoisotopic (exact) mass is 262 g/mol. The minimum atomic E-state index is -1.20. The van der Waals surface area contributed by atoms with Gasteiger partial charge in [-0.25, -0.2) is 4.79 Å². The lowest BCUT2D eigenvalue weighted by Gasteiger charge is -2.35. The van der Waals surface area contributed by atoms with Gasteiger partial charge in [-0.1, -0.05) is 11.6 Å². The molecule has 1 aliphatic heterocycles. The third-order valence-electron chi connectivity index (χ3n) is 2.81. The molecule has 0 amide bonds. The van der Waals surface area contributed by atoms with E-state index in [0.717, 1.165) is 4.57 Å². The highest BCUT2D eigenvalue weighted by molar-refractivity contribution is 6.31. The van der Waals surface area contributed by atoms with Crippen molar-refractivity contribution in [2.45, 2.75) is 18.8 Å². The SMILES string of the molecule is O=c1[nH]c(=O)n2c(c1Cl)CC(CO)(CO)OC2. The second kappa shape index (κ2) is 4.26. The maximum absolute atomic E-state index is 11.5. The average Bonchev–Trinajstić information content (AvgIpc) is 2.35. The molecule has 1 aromatic rings. The summed E-state index contributed by atoms with van der Waals surface area (Å²) in [6.07, 6.45) is -0.00199. The molecule has 0 bridgehead atoms. The van der Waals surface area contributed by atoms with Crippen LogP contribution in [0.4, 0.5) is 0 Å². The van der Waals surface area contributed by atoms with E-state index in [1.807, 2.05) is 4.98 Å². The van der Waals surface area contributed by atoms with E-state index >= 15 is 0 Å². The number of ether oxygens (including phenoxy) is 1. The number of hydrogen-bond donors (Lipinski definition) is 3. The number of aliphatic hydroxyl groups is 2. The van der Waals surface area contributed by atoms with Gasteiger partial charge in [-0.2, -0.15) is 0 Å². The Hall–Kier alpha value is -1.15. The van der Waals surface area contributed by atoms with Crippen LogP contribution in [0.5, 0.6) is 0 Å². The second-order valence-corrected chi connectivity index (χ2v) is 4.28. The summed E-state index contributed by atoms with van der Waals surface area (Å²) in [5.41, 5.74) is -2.26. The van der Waals surface area contributed by atoms with Gasteiger partial charge in [-0.3, -0.25) is 14.3 Å². The largest absolute Gasteiger partial charge is 0.393 e. The summed E-state index contributed by atoms with van der Waals surface area (Å²) in [6.45, 7) is -1.03. The number of rotatable bonds is 2. The summed E-state index contributed by atoms with van der Waals surface area (Å²) in [5.74, 6) is 0. The van der Waals surface area contributed by atoms with E-state index in [4.69, 9.17) is 16.3 Å². The molecule has 1 aromatic heterocycles. The van der Waals surface area contributed by atoms with E-state index in [2.05, 4.69) is 0 Å². The summed E-state index contributed by atoms with van der Waals surface area (Å²) in [7, 11) is 0. The normalized spacial score (nSPS) is 17.8. The van der Waals surface area contributed by atoms with Crippen molar-refractivity contribution < 1.29 is 14.9 Å². The standard InChI is InChI=1S/C9H11ClN2O5/c10-6-5-1-9(2-13,3-14)17-4-12(5)8(16)11-7(6)15/h13-14H,1-4H2,(H,11,15,16). The van der Waals surface area contributed by atoms with Crippen LogP contribution in [0.2, 0.25) is 5.02 Å². The molecular weight excluding hydrogens is 252 g/mol. The van der Waals surface area contributed by atoms with Crippen LogP contribution in [0.15, 0.2) is 9.59 Å². The van der Waals surface area contributed by atoms with Gasteiger partial charge in [0.2, 0.25) is 0 Å². The third kappa shape index (κ3) is 1.91. The maximum atomic E-state index is 11.5. The molecule has 1 aliphatic rings. The molecule has 0 fully saturated rings. The molecule has 3 N–H and O–H groups in total. The molecule has 0 unspecified atom stereocenters. The number of fused-ring (bicyclic) bond motifs is 1. The van der Waals surface area contributed by atoms with Crippen LogP contribution >= 0.6 is 11.6 Å². The minimum absolute atomic E-state index is 0.00199. The number of nitrogens with zero attached hydrogens (tertiary/aromatic N) is 1. The van der Waals surface area contributed by atoms with Crippen molar-refractivity contribution in [3.05, 3.63) is 31.6 Å². The van der Waals surface area contributed by atoms with E-state index < -0.39 is 30.1 Å². The molecule has 17 heavy (non-hydrogen) atoms. The molecule has 0 atom stereocenters. The Labute approximate surface area is 100 Å². The first kappa shape index (κ1) is 12.3. The van der Waals surface area contributed by atoms with E-state index in [9.17, 15) is 19.8 Å². The quantitative estimate of drug-likeness (QED) is 0.598. The molecular formula is C9H11ClN2O5. The lowest BCUT2D eigenvalue weighted by Crippen LogP contribution is -2.50. The van der Waals surface area contributed by atoms with E-state index in [1.165, 1.54) is 0 Å². The Balaban J connectivity index is 2.58. The van der Waals surface area contributed by atoms with Crippen molar-refractivity contribution in [3.63, 3.8) is 0 Å². The predicted octanol–water partition coefficient (Wildman–Crippen LogP) is -1.56. The van der Waals surface area contributed by atoms with Gasteiger partial charge in [0.05, 0.1) is 18.9 Å². The number of nitrogens with one attached hydrogen (secondary N) is 1. The molecule has 0 spiro atoms. The van der Waals surface area contributed by atoms with Crippen LogP contribution in [0.1, 0.15) is 5.69 Å². The number of aliphatic hydroxyl groups excluding tert-OH is 2. The van der Waals surface area contributed by atoms with Gasteiger partial charge in [0.1, 0.15) is 17.4 Å². The number of aromatic amines is 1. The Morgan fingerprint density at radius 3 is 2.65 bits per heavy atom. The van der Waals surface area contributed by atoms with Gasteiger partial charge >= 0.3 is 5.69 Å². The minimum Gasteiger partial charge on any atom is -0.393 e. The van der Waals surface area contributed by atoms with Crippen molar-refractivity contribution in [1.82, 2.24) is 9.55 Å². The summed E-state index contributed by atoms with van der Waals surface area (Å²) in [6, 6.07) is 0.